The number of nitrogens with one attached hydrogen (secondary N) is 1. The Hall–Kier alpha value is -2.14. The minimum absolute atomic E-state index is 0.245. The minimum Gasteiger partial charge on any atom is -0.456 e. The van der Waals surface area contributed by atoms with E-state index in [0.29, 0.717) is 18.7 Å². The summed E-state index contributed by atoms with van der Waals surface area (Å²) in [6.07, 6.45) is 2.06. The van der Waals surface area contributed by atoms with Crippen molar-refractivity contribution < 1.29 is 9.53 Å². The summed E-state index contributed by atoms with van der Waals surface area (Å²) in [4.78, 5) is 18.7. The van der Waals surface area contributed by atoms with Gasteiger partial charge in [0.15, 0.2) is 5.69 Å². The predicted molar refractivity (Wildman–Crippen MR) is 66.9 cm³/mol. The number of rotatable bonds is 5. The molecule has 1 aromatic heterocycles. The van der Waals surface area contributed by atoms with Gasteiger partial charge in [-0.05, 0) is 12.1 Å². The van der Waals surface area contributed by atoms with E-state index in [1.54, 1.807) is 0 Å². The Balaban J connectivity index is 1.97. The number of aromatic amines is 1. The van der Waals surface area contributed by atoms with Gasteiger partial charge in [0.05, 0.1) is 12.0 Å². The highest BCUT2D eigenvalue weighted by Gasteiger charge is 2.15. The first-order valence-corrected chi connectivity index (χ1v) is 5.74. The number of nitrogens with two attached hydrogens (primary N) is 1. The number of hydrogen-bond donors (Lipinski definition) is 2. The lowest BCUT2D eigenvalue weighted by Gasteiger charge is -2.04. The molecular weight excluding hydrogens is 230 g/mol. The number of H-pyrrole nitrogens is 1. The summed E-state index contributed by atoms with van der Waals surface area (Å²) in [6, 6.07) is 9.52. The highest BCUT2D eigenvalue weighted by molar-refractivity contribution is 5.88. The Kier molecular flexibility index (Phi) is 4.09. The largest absolute Gasteiger partial charge is 0.456 e. The van der Waals surface area contributed by atoms with Crippen molar-refractivity contribution in [2.75, 3.05) is 6.54 Å². The van der Waals surface area contributed by atoms with Crippen molar-refractivity contribution in [3.05, 3.63) is 53.6 Å². The van der Waals surface area contributed by atoms with Crippen LogP contribution >= 0.6 is 0 Å². The Morgan fingerprint density at radius 3 is 2.83 bits per heavy atom. The smallest absolute Gasteiger partial charge is 0.359 e. The maximum Gasteiger partial charge on any atom is 0.359 e. The van der Waals surface area contributed by atoms with Gasteiger partial charge in [0, 0.05) is 6.42 Å². The summed E-state index contributed by atoms with van der Waals surface area (Å²) < 4.78 is 5.20. The average Bonchev–Trinajstić information content (AvgIpc) is 2.86. The zero-order chi connectivity index (χ0) is 12.8. The van der Waals surface area contributed by atoms with Crippen molar-refractivity contribution in [2.24, 2.45) is 5.73 Å². The van der Waals surface area contributed by atoms with Crippen LogP contribution in [0.1, 0.15) is 21.7 Å². The van der Waals surface area contributed by atoms with E-state index in [4.69, 9.17) is 10.5 Å². The van der Waals surface area contributed by atoms with Gasteiger partial charge < -0.3 is 15.5 Å². The third-order valence-electron chi connectivity index (χ3n) is 2.52. The van der Waals surface area contributed by atoms with Gasteiger partial charge in [-0.15, -0.1) is 0 Å². The molecule has 0 atom stereocenters. The first-order valence-electron chi connectivity index (χ1n) is 5.74. The normalized spacial score (nSPS) is 10.3. The fraction of sp³-hybridized carbons (Fsp3) is 0.231. The van der Waals surface area contributed by atoms with Gasteiger partial charge in [0.2, 0.25) is 0 Å². The summed E-state index contributed by atoms with van der Waals surface area (Å²) in [6.45, 7) is 0.704. The van der Waals surface area contributed by atoms with Crippen LogP contribution in [-0.2, 0) is 17.8 Å². The zero-order valence-corrected chi connectivity index (χ0v) is 9.93. The molecule has 0 fully saturated rings. The van der Waals surface area contributed by atoms with Crippen molar-refractivity contribution in [1.82, 2.24) is 9.97 Å². The van der Waals surface area contributed by atoms with Crippen LogP contribution in [0.4, 0.5) is 0 Å². The van der Waals surface area contributed by atoms with Crippen molar-refractivity contribution >= 4 is 5.97 Å². The lowest BCUT2D eigenvalue weighted by atomic mass is 10.2. The van der Waals surface area contributed by atoms with Gasteiger partial charge >= 0.3 is 5.97 Å². The van der Waals surface area contributed by atoms with Crippen LogP contribution < -0.4 is 5.73 Å². The Morgan fingerprint density at radius 1 is 1.33 bits per heavy atom. The molecule has 0 saturated heterocycles. The molecule has 0 radical (unpaired) electrons. The summed E-state index contributed by atoms with van der Waals surface area (Å²) in [5.74, 6) is -0.427. The highest BCUT2D eigenvalue weighted by Crippen LogP contribution is 2.08. The monoisotopic (exact) mass is 245 g/mol. The van der Waals surface area contributed by atoms with Gasteiger partial charge in [0.25, 0.3) is 0 Å². The Bertz CT molecular complexity index is 508. The molecule has 3 N–H and O–H groups in total. The third-order valence-corrected chi connectivity index (χ3v) is 2.52. The lowest BCUT2D eigenvalue weighted by Crippen LogP contribution is -2.11. The summed E-state index contributed by atoms with van der Waals surface area (Å²) in [5.41, 5.74) is 7.43. The van der Waals surface area contributed by atoms with Crippen molar-refractivity contribution in [3.63, 3.8) is 0 Å². The molecule has 2 aromatic rings. The molecule has 0 amide bonds. The molecular formula is C13H15N3O2. The molecule has 0 saturated carbocycles. The molecule has 18 heavy (non-hydrogen) atoms. The highest BCUT2D eigenvalue weighted by atomic mass is 16.5. The second kappa shape index (κ2) is 5.97. The molecule has 2 rings (SSSR count). The SMILES string of the molecule is NCCc1[nH]cnc1C(=O)OCc1ccccc1. The van der Waals surface area contributed by atoms with Gasteiger partial charge in [0.1, 0.15) is 6.61 Å². The fourth-order valence-electron chi connectivity index (χ4n) is 1.62. The Labute approximate surface area is 105 Å². The van der Waals surface area contributed by atoms with Crippen LogP contribution in [0.3, 0.4) is 0 Å². The number of carbonyl (C=O) groups is 1. The molecule has 0 aliphatic carbocycles. The standard InChI is InChI=1S/C13H15N3O2/c14-7-6-11-12(16-9-15-11)13(17)18-8-10-4-2-1-3-5-10/h1-5,9H,6-8,14H2,(H,15,16). The average molecular weight is 245 g/mol. The quantitative estimate of drug-likeness (QED) is 0.777. The Morgan fingerprint density at radius 2 is 2.11 bits per heavy atom. The number of benzene rings is 1. The molecule has 1 aromatic carbocycles. The van der Waals surface area contributed by atoms with E-state index in [-0.39, 0.29) is 6.61 Å². The van der Waals surface area contributed by atoms with Crippen LogP contribution in [0, 0.1) is 0 Å². The molecule has 1 heterocycles. The number of esters is 1. The first-order chi connectivity index (χ1) is 8.81. The molecule has 5 nitrogen and oxygen atoms in total. The van der Waals surface area contributed by atoms with Crippen molar-refractivity contribution in [2.45, 2.75) is 13.0 Å². The number of nitrogens with zero attached hydrogens (tertiary/aromatic N) is 1. The molecule has 5 heteroatoms. The van der Waals surface area contributed by atoms with E-state index in [0.717, 1.165) is 11.3 Å². The van der Waals surface area contributed by atoms with E-state index in [1.807, 2.05) is 30.3 Å². The maximum absolute atomic E-state index is 11.8. The number of aromatic nitrogens is 2. The second-order valence-corrected chi connectivity index (χ2v) is 3.83. The van der Waals surface area contributed by atoms with Crippen LogP contribution in [-0.4, -0.2) is 22.5 Å². The molecule has 0 bridgehead atoms. The number of carbonyl (C=O) groups excluding carboxylic acids is 1. The van der Waals surface area contributed by atoms with Crippen LogP contribution in [0.2, 0.25) is 0 Å². The van der Waals surface area contributed by atoms with Crippen LogP contribution in [0.25, 0.3) is 0 Å². The van der Waals surface area contributed by atoms with Gasteiger partial charge in [-0.25, -0.2) is 9.78 Å². The maximum atomic E-state index is 11.8. The summed E-state index contributed by atoms with van der Waals surface area (Å²) >= 11 is 0. The summed E-state index contributed by atoms with van der Waals surface area (Å²) in [5, 5.41) is 0. The predicted octanol–water partition coefficient (Wildman–Crippen LogP) is 1.27. The van der Waals surface area contributed by atoms with Crippen LogP contribution in [0.5, 0.6) is 0 Å². The van der Waals surface area contributed by atoms with Gasteiger partial charge in [-0.2, -0.15) is 0 Å². The number of ether oxygens (including phenoxy) is 1. The van der Waals surface area contributed by atoms with E-state index < -0.39 is 5.97 Å². The number of hydrogen-bond acceptors (Lipinski definition) is 4. The molecule has 0 spiro atoms. The fourth-order valence-corrected chi connectivity index (χ4v) is 1.62. The topological polar surface area (TPSA) is 81.0 Å². The van der Waals surface area contributed by atoms with Gasteiger partial charge in [-0.3, -0.25) is 0 Å². The second-order valence-electron chi connectivity index (χ2n) is 3.83. The summed E-state index contributed by atoms with van der Waals surface area (Å²) in [7, 11) is 0. The zero-order valence-electron chi connectivity index (χ0n) is 9.93. The van der Waals surface area contributed by atoms with E-state index >= 15 is 0 Å². The van der Waals surface area contributed by atoms with Crippen molar-refractivity contribution in [1.29, 1.82) is 0 Å². The lowest BCUT2D eigenvalue weighted by molar-refractivity contribution is 0.0465. The molecule has 0 unspecified atom stereocenters. The minimum atomic E-state index is -0.427. The first kappa shape index (κ1) is 12.3. The van der Waals surface area contributed by atoms with E-state index in [2.05, 4.69) is 9.97 Å². The third kappa shape index (κ3) is 2.95. The van der Waals surface area contributed by atoms with E-state index in [1.165, 1.54) is 6.33 Å². The number of imidazole rings is 1. The molecule has 0 aliphatic heterocycles. The molecule has 94 valence electrons. The van der Waals surface area contributed by atoms with Crippen LogP contribution in [0.15, 0.2) is 36.7 Å². The molecule has 0 aliphatic rings. The van der Waals surface area contributed by atoms with Gasteiger partial charge in [-0.1, -0.05) is 30.3 Å². The van der Waals surface area contributed by atoms with Crippen molar-refractivity contribution in [3.8, 4) is 0 Å². The van der Waals surface area contributed by atoms with E-state index in [9.17, 15) is 4.79 Å².